The highest BCUT2D eigenvalue weighted by atomic mass is 32.1. The van der Waals surface area contributed by atoms with E-state index in [9.17, 15) is 4.79 Å². The number of aromatic nitrogens is 1. The van der Waals surface area contributed by atoms with Crippen LogP contribution in [-0.2, 0) is 16.0 Å². The van der Waals surface area contributed by atoms with Crippen molar-refractivity contribution in [3.8, 4) is 11.5 Å². The maximum absolute atomic E-state index is 12.2. The number of hydrogen-bond acceptors (Lipinski definition) is 7. The highest BCUT2D eigenvalue weighted by Crippen LogP contribution is 2.33. The maximum Gasteiger partial charge on any atom is 0.310 e. The summed E-state index contributed by atoms with van der Waals surface area (Å²) >= 11 is 1.66. The Balaban J connectivity index is 1.16. The number of rotatable bonds is 4. The second-order valence-electron chi connectivity index (χ2n) is 6.35. The van der Waals surface area contributed by atoms with Gasteiger partial charge in [-0.05, 0) is 29.8 Å². The first kappa shape index (κ1) is 15.5. The van der Waals surface area contributed by atoms with Gasteiger partial charge in [-0.3, -0.25) is 4.79 Å². The van der Waals surface area contributed by atoms with Crippen LogP contribution in [0.5, 0.6) is 11.5 Å². The number of benzene rings is 2. The van der Waals surface area contributed by atoms with E-state index in [1.54, 1.807) is 11.3 Å². The van der Waals surface area contributed by atoms with E-state index in [1.807, 2.05) is 36.4 Å². The van der Waals surface area contributed by atoms with E-state index in [4.69, 9.17) is 14.2 Å². The summed E-state index contributed by atoms with van der Waals surface area (Å²) in [4.78, 5) is 18.9. The van der Waals surface area contributed by atoms with Crippen molar-refractivity contribution < 1.29 is 19.0 Å². The van der Waals surface area contributed by atoms with Crippen molar-refractivity contribution in [2.24, 2.45) is 0 Å². The van der Waals surface area contributed by atoms with E-state index in [1.165, 1.54) is 4.70 Å². The van der Waals surface area contributed by atoms with Crippen molar-refractivity contribution in [2.45, 2.75) is 12.5 Å². The molecule has 0 spiro atoms. The van der Waals surface area contributed by atoms with Crippen LogP contribution >= 0.6 is 11.3 Å². The van der Waals surface area contributed by atoms with Gasteiger partial charge in [0.05, 0.1) is 29.7 Å². The molecule has 1 aromatic heterocycles. The third kappa shape index (κ3) is 2.84. The zero-order valence-corrected chi connectivity index (χ0v) is 14.7. The minimum absolute atomic E-state index is 0.0801. The first-order chi connectivity index (χ1) is 12.7. The maximum atomic E-state index is 12.2. The Hall–Kier alpha value is -2.80. The molecule has 5 rings (SSSR count). The molecule has 132 valence electrons. The summed E-state index contributed by atoms with van der Waals surface area (Å²) in [5.74, 6) is 1.17. The van der Waals surface area contributed by atoms with Crippen LogP contribution in [0.25, 0.3) is 10.2 Å². The van der Waals surface area contributed by atoms with Crippen LogP contribution in [0.1, 0.15) is 5.56 Å². The molecule has 2 aliphatic heterocycles. The van der Waals surface area contributed by atoms with Gasteiger partial charge in [-0.2, -0.15) is 0 Å². The number of hydrogen-bond donors (Lipinski definition) is 0. The molecule has 2 aromatic carbocycles. The molecule has 0 saturated carbocycles. The standard InChI is InChI=1S/C19H16N2O4S/c22-18(8-12-5-6-15-16(7-12)24-11-23-15)25-13-9-21(10-13)19-20-14-3-1-2-4-17(14)26-19/h1-7,13H,8-11H2. The molecule has 3 heterocycles. The van der Waals surface area contributed by atoms with E-state index in [2.05, 4.69) is 16.0 Å². The van der Waals surface area contributed by atoms with Gasteiger partial charge in [0.1, 0.15) is 6.10 Å². The summed E-state index contributed by atoms with van der Waals surface area (Å²) in [5, 5.41) is 0.981. The minimum atomic E-state index is -0.224. The largest absolute Gasteiger partial charge is 0.458 e. The van der Waals surface area contributed by atoms with Crippen LogP contribution in [0.15, 0.2) is 42.5 Å². The number of fused-ring (bicyclic) bond motifs is 2. The molecule has 26 heavy (non-hydrogen) atoms. The Bertz CT molecular complexity index is 948. The smallest absolute Gasteiger partial charge is 0.310 e. The first-order valence-corrected chi connectivity index (χ1v) is 9.25. The number of thiazole rings is 1. The molecule has 0 unspecified atom stereocenters. The number of anilines is 1. The number of carbonyl (C=O) groups excluding carboxylic acids is 1. The topological polar surface area (TPSA) is 60.9 Å². The Morgan fingerprint density at radius 1 is 1.19 bits per heavy atom. The van der Waals surface area contributed by atoms with Crippen LogP contribution in [0.3, 0.4) is 0 Å². The zero-order valence-electron chi connectivity index (χ0n) is 13.9. The van der Waals surface area contributed by atoms with Crippen molar-refractivity contribution >= 4 is 32.7 Å². The fourth-order valence-electron chi connectivity index (χ4n) is 3.11. The van der Waals surface area contributed by atoms with Crippen LogP contribution in [-0.4, -0.2) is 36.9 Å². The van der Waals surface area contributed by atoms with E-state index in [0.717, 1.165) is 16.2 Å². The van der Waals surface area contributed by atoms with Gasteiger partial charge in [0.25, 0.3) is 0 Å². The quantitative estimate of drug-likeness (QED) is 0.660. The summed E-state index contributed by atoms with van der Waals surface area (Å²) in [6.07, 6.45) is 0.150. The molecule has 2 aliphatic rings. The lowest BCUT2D eigenvalue weighted by atomic mass is 10.1. The molecular weight excluding hydrogens is 352 g/mol. The van der Waals surface area contributed by atoms with E-state index in [-0.39, 0.29) is 25.3 Å². The van der Waals surface area contributed by atoms with Crippen molar-refractivity contribution in [3.63, 3.8) is 0 Å². The fraction of sp³-hybridized carbons (Fsp3) is 0.263. The van der Waals surface area contributed by atoms with Gasteiger partial charge in [0.15, 0.2) is 16.6 Å². The van der Waals surface area contributed by atoms with Crippen LogP contribution in [0, 0.1) is 0 Å². The molecule has 1 saturated heterocycles. The predicted molar refractivity (Wildman–Crippen MR) is 98.0 cm³/mol. The highest BCUT2D eigenvalue weighted by Gasteiger charge is 2.32. The van der Waals surface area contributed by atoms with E-state index >= 15 is 0 Å². The molecule has 0 atom stereocenters. The Labute approximate surface area is 153 Å². The molecule has 1 fully saturated rings. The lowest BCUT2D eigenvalue weighted by molar-refractivity contribution is -0.149. The molecule has 0 amide bonds. The van der Waals surface area contributed by atoms with Crippen LogP contribution in [0.4, 0.5) is 5.13 Å². The van der Waals surface area contributed by atoms with Gasteiger partial charge in [0.2, 0.25) is 6.79 Å². The van der Waals surface area contributed by atoms with Crippen LogP contribution in [0.2, 0.25) is 0 Å². The third-order valence-corrected chi connectivity index (χ3v) is 5.58. The Morgan fingerprint density at radius 3 is 2.92 bits per heavy atom. The Kier molecular flexibility index (Phi) is 3.67. The summed E-state index contributed by atoms with van der Waals surface area (Å²) in [6, 6.07) is 13.6. The molecule has 7 heteroatoms. The number of carbonyl (C=O) groups is 1. The van der Waals surface area contributed by atoms with Crippen molar-refractivity contribution in [3.05, 3.63) is 48.0 Å². The molecular formula is C19H16N2O4S. The molecule has 3 aromatic rings. The van der Waals surface area contributed by atoms with E-state index in [0.29, 0.717) is 24.6 Å². The zero-order chi connectivity index (χ0) is 17.5. The van der Waals surface area contributed by atoms with Crippen molar-refractivity contribution in [2.75, 3.05) is 24.8 Å². The normalized spacial score (nSPS) is 15.9. The highest BCUT2D eigenvalue weighted by molar-refractivity contribution is 7.22. The average molecular weight is 368 g/mol. The number of esters is 1. The third-order valence-electron chi connectivity index (χ3n) is 4.48. The van der Waals surface area contributed by atoms with Gasteiger partial charge in [-0.1, -0.05) is 29.5 Å². The molecule has 0 N–H and O–H groups in total. The number of para-hydroxylation sites is 1. The molecule has 0 aliphatic carbocycles. The van der Waals surface area contributed by atoms with Crippen molar-refractivity contribution in [1.82, 2.24) is 4.98 Å². The predicted octanol–water partition coefficient (Wildman–Crippen LogP) is 3.00. The van der Waals surface area contributed by atoms with Gasteiger partial charge in [-0.15, -0.1) is 0 Å². The van der Waals surface area contributed by atoms with Gasteiger partial charge in [-0.25, -0.2) is 4.98 Å². The average Bonchev–Trinajstić information content (AvgIpc) is 3.23. The molecule has 6 nitrogen and oxygen atoms in total. The van der Waals surface area contributed by atoms with Crippen molar-refractivity contribution in [1.29, 1.82) is 0 Å². The first-order valence-electron chi connectivity index (χ1n) is 8.43. The monoisotopic (exact) mass is 368 g/mol. The molecule has 0 radical (unpaired) electrons. The number of ether oxygens (including phenoxy) is 3. The SMILES string of the molecule is O=C(Cc1ccc2c(c1)OCO2)OC1CN(c2nc3ccccc3s2)C1. The summed E-state index contributed by atoms with van der Waals surface area (Å²) < 4.78 is 17.3. The number of nitrogens with zero attached hydrogens (tertiary/aromatic N) is 2. The second-order valence-corrected chi connectivity index (χ2v) is 7.35. The summed E-state index contributed by atoms with van der Waals surface area (Å²) in [5.41, 5.74) is 1.87. The summed E-state index contributed by atoms with van der Waals surface area (Å²) in [6.45, 7) is 1.60. The molecule has 0 bridgehead atoms. The van der Waals surface area contributed by atoms with E-state index < -0.39 is 0 Å². The second kappa shape index (κ2) is 6.17. The van der Waals surface area contributed by atoms with Gasteiger partial charge >= 0.3 is 5.97 Å². The lowest BCUT2D eigenvalue weighted by Gasteiger charge is -2.38. The van der Waals surface area contributed by atoms with Gasteiger partial charge in [0, 0.05) is 0 Å². The fourth-order valence-corrected chi connectivity index (χ4v) is 4.09. The van der Waals surface area contributed by atoms with Crippen LogP contribution < -0.4 is 14.4 Å². The summed E-state index contributed by atoms with van der Waals surface area (Å²) in [7, 11) is 0. The lowest BCUT2D eigenvalue weighted by Crippen LogP contribution is -2.53. The Morgan fingerprint density at radius 2 is 2.04 bits per heavy atom. The van der Waals surface area contributed by atoms with Gasteiger partial charge < -0.3 is 19.1 Å². The minimum Gasteiger partial charge on any atom is -0.458 e.